The van der Waals surface area contributed by atoms with Crippen LogP contribution in [0.2, 0.25) is 0 Å². The molecule has 0 aliphatic heterocycles. The van der Waals surface area contributed by atoms with Gasteiger partial charge >= 0.3 is 0 Å². The van der Waals surface area contributed by atoms with Crippen LogP contribution in [-0.4, -0.2) is 22.3 Å². The van der Waals surface area contributed by atoms with Crippen LogP contribution >= 0.6 is 0 Å². The fraction of sp³-hybridized carbons (Fsp3) is 0.600. The van der Waals surface area contributed by atoms with Crippen LogP contribution in [0.3, 0.4) is 0 Å². The quantitative estimate of drug-likeness (QED) is 0.730. The van der Waals surface area contributed by atoms with E-state index < -0.39 is 0 Å². The molecule has 0 saturated carbocycles. The summed E-state index contributed by atoms with van der Waals surface area (Å²) < 4.78 is 1.99. The maximum absolute atomic E-state index is 9.17. The third kappa shape index (κ3) is 2.86. The molecule has 3 heteroatoms. The summed E-state index contributed by atoms with van der Waals surface area (Å²) in [6, 6.07) is 2.47. The Kier molecular flexibility index (Phi) is 3.51. The Bertz CT molecular complexity index is 255. The van der Waals surface area contributed by atoms with E-state index >= 15 is 0 Å². The smallest absolute Gasteiger partial charge is 0.0627 e. The lowest BCUT2D eigenvalue weighted by Gasteiger charge is -2.17. The number of hydrogen-bond acceptors (Lipinski definition) is 2. The van der Waals surface area contributed by atoms with Crippen LogP contribution in [0.5, 0.6) is 0 Å². The van der Waals surface area contributed by atoms with Gasteiger partial charge < -0.3 is 15.0 Å². The van der Waals surface area contributed by atoms with Crippen molar-refractivity contribution >= 4 is 0 Å². The van der Waals surface area contributed by atoms with Crippen LogP contribution in [0.4, 0.5) is 0 Å². The molecule has 0 saturated heterocycles. The van der Waals surface area contributed by atoms with E-state index in [2.05, 4.69) is 19.2 Å². The molecule has 3 nitrogen and oxygen atoms in total. The maximum Gasteiger partial charge on any atom is 0.0627 e. The molecule has 1 atom stereocenters. The van der Waals surface area contributed by atoms with Gasteiger partial charge in [-0.3, -0.25) is 0 Å². The highest BCUT2D eigenvalue weighted by Crippen LogP contribution is 2.12. The van der Waals surface area contributed by atoms with E-state index in [1.54, 1.807) is 0 Å². The van der Waals surface area contributed by atoms with Gasteiger partial charge in [0.2, 0.25) is 0 Å². The summed E-state index contributed by atoms with van der Waals surface area (Å²) in [5, 5.41) is 12.5. The van der Waals surface area contributed by atoms with Crippen molar-refractivity contribution in [2.75, 3.05) is 6.61 Å². The van der Waals surface area contributed by atoms with Gasteiger partial charge in [-0.1, -0.05) is 13.8 Å². The van der Waals surface area contributed by atoms with Crippen molar-refractivity contribution < 1.29 is 5.11 Å². The first-order valence-electron chi connectivity index (χ1n) is 4.62. The van der Waals surface area contributed by atoms with Crippen molar-refractivity contribution in [1.82, 2.24) is 9.88 Å². The summed E-state index contributed by atoms with van der Waals surface area (Å²) in [6.45, 7) is 4.29. The highest BCUT2D eigenvalue weighted by Gasteiger charge is 2.11. The number of nitrogens with zero attached hydrogens (tertiary/aromatic N) is 1. The summed E-state index contributed by atoms with van der Waals surface area (Å²) in [6.07, 6.45) is 4.01. The fourth-order valence-corrected chi connectivity index (χ4v) is 1.39. The van der Waals surface area contributed by atoms with Crippen molar-refractivity contribution in [3.63, 3.8) is 0 Å². The molecule has 2 N–H and O–H groups in total. The van der Waals surface area contributed by atoms with Gasteiger partial charge in [-0.05, 0) is 11.6 Å². The highest BCUT2D eigenvalue weighted by molar-refractivity contribution is 5.15. The lowest BCUT2D eigenvalue weighted by Crippen LogP contribution is -2.30. The van der Waals surface area contributed by atoms with Crippen molar-refractivity contribution in [2.24, 2.45) is 7.05 Å². The van der Waals surface area contributed by atoms with E-state index in [9.17, 15) is 0 Å². The zero-order chi connectivity index (χ0) is 9.84. The van der Waals surface area contributed by atoms with E-state index in [0.717, 1.165) is 5.56 Å². The molecule has 0 fully saturated rings. The number of rotatable bonds is 4. The van der Waals surface area contributed by atoms with Crippen LogP contribution in [0.15, 0.2) is 18.5 Å². The van der Waals surface area contributed by atoms with Crippen LogP contribution in [0.1, 0.15) is 25.5 Å². The Balaban J connectivity index is 2.66. The normalized spacial score (nSPS) is 13.6. The van der Waals surface area contributed by atoms with Crippen LogP contribution < -0.4 is 5.32 Å². The second kappa shape index (κ2) is 4.44. The van der Waals surface area contributed by atoms with E-state index in [1.807, 2.05) is 30.1 Å². The molecule has 74 valence electrons. The molecule has 0 aliphatic rings. The molecule has 1 heterocycles. The van der Waals surface area contributed by atoms with E-state index in [0.29, 0.717) is 6.04 Å². The van der Waals surface area contributed by atoms with Crippen molar-refractivity contribution in [3.05, 3.63) is 24.0 Å². The van der Waals surface area contributed by atoms with Gasteiger partial charge in [0.15, 0.2) is 0 Å². The molecule has 0 radical (unpaired) electrons. The Labute approximate surface area is 79.4 Å². The van der Waals surface area contributed by atoms with Gasteiger partial charge in [-0.2, -0.15) is 0 Å². The number of aromatic nitrogens is 1. The first-order chi connectivity index (χ1) is 6.13. The third-order valence-corrected chi connectivity index (χ3v) is 1.97. The molecule has 13 heavy (non-hydrogen) atoms. The van der Waals surface area contributed by atoms with Crippen molar-refractivity contribution in [1.29, 1.82) is 0 Å². The highest BCUT2D eigenvalue weighted by atomic mass is 16.3. The Hall–Kier alpha value is -0.800. The van der Waals surface area contributed by atoms with Gasteiger partial charge in [0.25, 0.3) is 0 Å². The minimum absolute atomic E-state index is 0.0567. The van der Waals surface area contributed by atoms with Gasteiger partial charge in [0.05, 0.1) is 12.6 Å². The molecule has 0 bridgehead atoms. The van der Waals surface area contributed by atoms with E-state index in [-0.39, 0.29) is 12.6 Å². The molecular weight excluding hydrogens is 164 g/mol. The molecule has 1 aromatic heterocycles. The summed E-state index contributed by atoms with van der Waals surface area (Å²) in [5.41, 5.74) is 1.14. The second-order valence-corrected chi connectivity index (χ2v) is 3.67. The van der Waals surface area contributed by atoms with Crippen LogP contribution in [0, 0.1) is 0 Å². The molecule has 0 aliphatic carbocycles. The predicted octanol–water partition coefficient (Wildman–Crippen LogP) is 1.06. The number of aryl methyl sites for hydroxylation is 1. The standard InChI is InChI=1S/C10H18N2O/c1-8(2)11-10(7-13)9-4-5-12(3)6-9/h4-6,8,10-11,13H,7H2,1-3H3. The Morgan fingerprint density at radius 3 is 2.62 bits per heavy atom. The molecular formula is C10H18N2O. The second-order valence-electron chi connectivity index (χ2n) is 3.67. The van der Waals surface area contributed by atoms with E-state index in [1.165, 1.54) is 0 Å². The minimum atomic E-state index is 0.0567. The topological polar surface area (TPSA) is 37.2 Å². The summed E-state index contributed by atoms with van der Waals surface area (Å²) in [5.74, 6) is 0. The monoisotopic (exact) mass is 182 g/mol. The molecule has 1 unspecified atom stereocenters. The average Bonchev–Trinajstić information content (AvgIpc) is 2.47. The number of nitrogens with one attached hydrogen (secondary N) is 1. The molecule has 0 spiro atoms. The molecule has 0 aromatic carbocycles. The van der Waals surface area contributed by atoms with Crippen LogP contribution in [-0.2, 0) is 7.05 Å². The first kappa shape index (κ1) is 10.3. The molecule has 1 aromatic rings. The Morgan fingerprint density at radius 2 is 2.23 bits per heavy atom. The SMILES string of the molecule is CC(C)NC(CO)c1ccn(C)c1. The van der Waals surface area contributed by atoms with Gasteiger partial charge in [-0.15, -0.1) is 0 Å². The number of aliphatic hydroxyl groups excluding tert-OH is 1. The van der Waals surface area contributed by atoms with Gasteiger partial charge in [0, 0.05) is 25.5 Å². The van der Waals surface area contributed by atoms with Crippen molar-refractivity contribution in [3.8, 4) is 0 Å². The Morgan fingerprint density at radius 1 is 1.54 bits per heavy atom. The lowest BCUT2D eigenvalue weighted by atomic mass is 10.1. The third-order valence-electron chi connectivity index (χ3n) is 1.97. The first-order valence-corrected chi connectivity index (χ1v) is 4.62. The van der Waals surface area contributed by atoms with Crippen LogP contribution in [0.25, 0.3) is 0 Å². The molecule has 0 amide bonds. The maximum atomic E-state index is 9.17. The molecule has 1 rings (SSSR count). The largest absolute Gasteiger partial charge is 0.394 e. The fourth-order valence-electron chi connectivity index (χ4n) is 1.39. The zero-order valence-corrected chi connectivity index (χ0v) is 8.49. The van der Waals surface area contributed by atoms with Gasteiger partial charge in [0.1, 0.15) is 0 Å². The van der Waals surface area contributed by atoms with Gasteiger partial charge in [-0.25, -0.2) is 0 Å². The number of hydrogen-bond donors (Lipinski definition) is 2. The van der Waals surface area contributed by atoms with Crippen molar-refractivity contribution in [2.45, 2.75) is 25.9 Å². The predicted molar refractivity (Wildman–Crippen MR) is 53.5 cm³/mol. The lowest BCUT2D eigenvalue weighted by molar-refractivity contribution is 0.237. The summed E-state index contributed by atoms with van der Waals surface area (Å²) in [7, 11) is 1.98. The van der Waals surface area contributed by atoms with E-state index in [4.69, 9.17) is 5.11 Å². The minimum Gasteiger partial charge on any atom is -0.394 e. The number of aliphatic hydroxyl groups is 1. The summed E-state index contributed by atoms with van der Waals surface area (Å²) >= 11 is 0. The average molecular weight is 182 g/mol. The zero-order valence-electron chi connectivity index (χ0n) is 8.49. The summed E-state index contributed by atoms with van der Waals surface area (Å²) in [4.78, 5) is 0.